The highest BCUT2D eigenvalue weighted by Gasteiger charge is 2.06. The molecule has 2 aromatic rings. The number of nitrogens with one attached hydrogen (secondary N) is 1. The maximum atomic E-state index is 11.9. The Balaban J connectivity index is 2.02. The molecule has 2 nitrogen and oxygen atoms in total. The lowest BCUT2D eigenvalue weighted by Gasteiger charge is -2.05. The summed E-state index contributed by atoms with van der Waals surface area (Å²) in [5.41, 5.74) is 1.76. The van der Waals surface area contributed by atoms with Crippen LogP contribution in [0.15, 0.2) is 40.2 Å². The minimum atomic E-state index is -0.0333. The van der Waals surface area contributed by atoms with Crippen LogP contribution in [0, 0.1) is 6.92 Å². The molecule has 1 N–H and O–H groups in total. The molecule has 1 heterocycles. The van der Waals surface area contributed by atoms with E-state index in [9.17, 15) is 4.79 Å². The van der Waals surface area contributed by atoms with Crippen LogP contribution in [0.5, 0.6) is 0 Å². The largest absolute Gasteiger partial charge is 0.347 e. The molecule has 0 atom stereocenters. The Bertz CT molecular complexity index is 522. The van der Waals surface area contributed by atoms with E-state index in [2.05, 4.69) is 21.2 Å². The third kappa shape index (κ3) is 3.17. The maximum Gasteiger partial charge on any atom is 0.251 e. The van der Waals surface area contributed by atoms with Crippen LogP contribution in [0.2, 0.25) is 0 Å². The number of aryl methyl sites for hydroxylation is 1. The molecule has 1 aromatic heterocycles. The number of halogens is 1. The van der Waals surface area contributed by atoms with Crippen LogP contribution in [-0.2, 0) is 6.54 Å². The molecule has 0 bridgehead atoms. The lowest BCUT2D eigenvalue weighted by molar-refractivity contribution is 0.0951. The Hall–Kier alpha value is -1.13. The third-order valence-electron chi connectivity index (χ3n) is 2.42. The molecule has 0 radical (unpaired) electrons. The van der Waals surface area contributed by atoms with Crippen LogP contribution < -0.4 is 5.32 Å². The molecule has 2 rings (SSSR count). The summed E-state index contributed by atoms with van der Waals surface area (Å²) >= 11 is 5.06. The summed E-state index contributed by atoms with van der Waals surface area (Å²) in [6.45, 7) is 2.56. The third-order valence-corrected chi connectivity index (χ3v) is 4.19. The number of benzene rings is 1. The van der Waals surface area contributed by atoms with Crippen LogP contribution in [0.4, 0.5) is 0 Å². The number of rotatable bonds is 3. The van der Waals surface area contributed by atoms with Crippen molar-refractivity contribution in [1.82, 2.24) is 5.32 Å². The van der Waals surface area contributed by atoms with Crippen LogP contribution in [0.1, 0.15) is 20.8 Å². The zero-order valence-corrected chi connectivity index (χ0v) is 11.8. The van der Waals surface area contributed by atoms with Crippen molar-refractivity contribution in [1.29, 1.82) is 0 Å². The molecule has 1 aromatic carbocycles. The zero-order valence-electron chi connectivity index (χ0n) is 9.37. The first-order valence-corrected chi connectivity index (χ1v) is 6.91. The standard InChI is InChI=1S/C13H12BrNOS/c1-9-7-10(4-5-12(9)14)13(16)15-8-11-3-2-6-17-11/h2-7H,8H2,1H3,(H,15,16). The van der Waals surface area contributed by atoms with E-state index in [1.165, 1.54) is 0 Å². The Labute approximate surface area is 113 Å². The predicted octanol–water partition coefficient (Wildman–Crippen LogP) is 3.75. The highest BCUT2D eigenvalue weighted by atomic mass is 79.9. The summed E-state index contributed by atoms with van der Waals surface area (Å²) in [6, 6.07) is 9.60. The van der Waals surface area contributed by atoms with Crippen molar-refractivity contribution in [2.45, 2.75) is 13.5 Å². The quantitative estimate of drug-likeness (QED) is 0.919. The van der Waals surface area contributed by atoms with Gasteiger partial charge in [-0.25, -0.2) is 0 Å². The summed E-state index contributed by atoms with van der Waals surface area (Å²) in [7, 11) is 0. The SMILES string of the molecule is Cc1cc(C(=O)NCc2cccs2)ccc1Br. The molecule has 0 aliphatic heterocycles. The van der Waals surface area contributed by atoms with Gasteiger partial charge in [-0.2, -0.15) is 0 Å². The number of hydrogen-bond acceptors (Lipinski definition) is 2. The van der Waals surface area contributed by atoms with E-state index in [0.717, 1.165) is 14.9 Å². The molecule has 0 saturated carbocycles. The lowest BCUT2D eigenvalue weighted by atomic mass is 10.1. The van der Waals surface area contributed by atoms with Gasteiger partial charge in [-0.05, 0) is 42.1 Å². The molecule has 4 heteroatoms. The topological polar surface area (TPSA) is 29.1 Å². The van der Waals surface area contributed by atoms with Gasteiger partial charge in [0.1, 0.15) is 0 Å². The molecular weight excluding hydrogens is 298 g/mol. The van der Waals surface area contributed by atoms with E-state index in [1.54, 1.807) is 11.3 Å². The Morgan fingerprint density at radius 1 is 1.41 bits per heavy atom. The van der Waals surface area contributed by atoms with Gasteiger partial charge in [0.15, 0.2) is 0 Å². The van der Waals surface area contributed by atoms with Gasteiger partial charge < -0.3 is 5.32 Å². The van der Waals surface area contributed by atoms with Gasteiger partial charge in [-0.3, -0.25) is 4.79 Å². The van der Waals surface area contributed by atoms with E-state index in [1.807, 2.05) is 42.6 Å². The number of amides is 1. The minimum Gasteiger partial charge on any atom is -0.347 e. The second-order valence-electron chi connectivity index (χ2n) is 3.73. The molecule has 17 heavy (non-hydrogen) atoms. The smallest absolute Gasteiger partial charge is 0.251 e. The van der Waals surface area contributed by atoms with Gasteiger partial charge >= 0.3 is 0 Å². The molecule has 0 aliphatic carbocycles. The molecule has 0 saturated heterocycles. The van der Waals surface area contributed by atoms with Crippen molar-refractivity contribution in [3.8, 4) is 0 Å². The molecule has 88 valence electrons. The van der Waals surface area contributed by atoms with Crippen molar-refractivity contribution in [3.63, 3.8) is 0 Å². The summed E-state index contributed by atoms with van der Waals surface area (Å²) in [5.74, 6) is -0.0333. The zero-order chi connectivity index (χ0) is 12.3. The summed E-state index contributed by atoms with van der Waals surface area (Å²) < 4.78 is 1.02. The molecular formula is C13H12BrNOS. The van der Waals surface area contributed by atoms with E-state index < -0.39 is 0 Å². The van der Waals surface area contributed by atoms with Crippen LogP contribution in [-0.4, -0.2) is 5.91 Å². The van der Waals surface area contributed by atoms with Crippen molar-refractivity contribution >= 4 is 33.2 Å². The van der Waals surface area contributed by atoms with E-state index in [4.69, 9.17) is 0 Å². The first-order valence-electron chi connectivity index (χ1n) is 5.23. The Kier molecular flexibility index (Phi) is 3.97. The first kappa shape index (κ1) is 12.3. The molecule has 0 aliphatic rings. The number of carbonyl (C=O) groups is 1. The summed E-state index contributed by atoms with van der Waals surface area (Å²) in [4.78, 5) is 13.0. The van der Waals surface area contributed by atoms with Gasteiger partial charge in [0.2, 0.25) is 0 Å². The molecule has 0 spiro atoms. The highest BCUT2D eigenvalue weighted by molar-refractivity contribution is 9.10. The normalized spacial score (nSPS) is 10.2. The monoisotopic (exact) mass is 309 g/mol. The van der Waals surface area contributed by atoms with Crippen molar-refractivity contribution in [3.05, 3.63) is 56.2 Å². The second kappa shape index (κ2) is 5.47. The molecule has 0 unspecified atom stereocenters. The average Bonchev–Trinajstić information content (AvgIpc) is 2.82. The first-order chi connectivity index (χ1) is 8.16. The highest BCUT2D eigenvalue weighted by Crippen LogP contribution is 2.17. The number of thiophene rings is 1. The van der Waals surface area contributed by atoms with Crippen molar-refractivity contribution < 1.29 is 4.79 Å². The van der Waals surface area contributed by atoms with Crippen LogP contribution in [0.3, 0.4) is 0 Å². The van der Waals surface area contributed by atoms with Gasteiger partial charge in [-0.15, -0.1) is 11.3 Å². The lowest BCUT2D eigenvalue weighted by Crippen LogP contribution is -2.22. The van der Waals surface area contributed by atoms with E-state index in [-0.39, 0.29) is 5.91 Å². The fourth-order valence-corrected chi connectivity index (χ4v) is 2.36. The van der Waals surface area contributed by atoms with Gasteiger partial charge in [0.05, 0.1) is 6.54 Å². The van der Waals surface area contributed by atoms with Gasteiger partial charge in [0, 0.05) is 14.9 Å². The van der Waals surface area contributed by atoms with Crippen molar-refractivity contribution in [2.75, 3.05) is 0 Å². The van der Waals surface area contributed by atoms with Crippen LogP contribution in [0.25, 0.3) is 0 Å². The summed E-state index contributed by atoms with van der Waals surface area (Å²) in [5, 5.41) is 4.91. The van der Waals surface area contributed by atoms with E-state index in [0.29, 0.717) is 12.1 Å². The maximum absolute atomic E-state index is 11.9. The molecule has 1 amide bonds. The number of carbonyl (C=O) groups excluding carboxylic acids is 1. The Morgan fingerprint density at radius 3 is 2.88 bits per heavy atom. The fourth-order valence-electron chi connectivity index (χ4n) is 1.47. The van der Waals surface area contributed by atoms with E-state index >= 15 is 0 Å². The number of hydrogen-bond donors (Lipinski definition) is 1. The van der Waals surface area contributed by atoms with Gasteiger partial charge in [-0.1, -0.05) is 22.0 Å². The van der Waals surface area contributed by atoms with Crippen LogP contribution >= 0.6 is 27.3 Å². The predicted molar refractivity (Wildman–Crippen MR) is 74.4 cm³/mol. The average molecular weight is 310 g/mol. The minimum absolute atomic E-state index is 0.0333. The Morgan fingerprint density at radius 2 is 2.24 bits per heavy atom. The molecule has 0 fully saturated rings. The summed E-state index contributed by atoms with van der Waals surface area (Å²) in [6.07, 6.45) is 0. The van der Waals surface area contributed by atoms with Crippen molar-refractivity contribution in [2.24, 2.45) is 0 Å². The fraction of sp³-hybridized carbons (Fsp3) is 0.154. The second-order valence-corrected chi connectivity index (χ2v) is 5.61. The van der Waals surface area contributed by atoms with Gasteiger partial charge in [0.25, 0.3) is 5.91 Å².